The van der Waals surface area contributed by atoms with Gasteiger partial charge >= 0.3 is 11.9 Å². The first kappa shape index (κ1) is 15.3. The van der Waals surface area contributed by atoms with E-state index in [-0.39, 0.29) is 5.69 Å². The van der Waals surface area contributed by atoms with E-state index in [2.05, 4.69) is 19.4 Å². The largest absolute Gasteiger partial charge is 0.468 e. The van der Waals surface area contributed by atoms with Crippen LogP contribution in [0.15, 0.2) is 17.2 Å². The van der Waals surface area contributed by atoms with Crippen LogP contribution in [-0.2, 0) is 19.1 Å². The summed E-state index contributed by atoms with van der Waals surface area (Å²) >= 11 is 0. The molecule has 0 unspecified atom stereocenters. The summed E-state index contributed by atoms with van der Waals surface area (Å²) in [6.45, 7) is -0.878. The summed E-state index contributed by atoms with van der Waals surface area (Å²) in [6.07, 6.45) is 2.01. The van der Waals surface area contributed by atoms with Gasteiger partial charge in [0.05, 0.1) is 20.4 Å². The minimum atomic E-state index is -0.711. The zero-order chi connectivity index (χ0) is 15.1. The lowest BCUT2D eigenvalue weighted by molar-refractivity contribution is -0.144. The minimum Gasteiger partial charge on any atom is -0.468 e. The van der Waals surface area contributed by atoms with Crippen LogP contribution in [0.25, 0.3) is 0 Å². The Bertz CT molecular complexity index is 529. The van der Waals surface area contributed by atoms with Crippen LogP contribution >= 0.6 is 0 Å². The number of aromatic amines is 1. The molecule has 0 atom stereocenters. The van der Waals surface area contributed by atoms with Crippen molar-refractivity contribution in [1.29, 1.82) is 0 Å². The Kier molecular flexibility index (Phi) is 5.39. The predicted molar refractivity (Wildman–Crippen MR) is 64.8 cm³/mol. The van der Waals surface area contributed by atoms with Gasteiger partial charge in [-0.25, -0.2) is 4.98 Å². The van der Waals surface area contributed by atoms with Crippen molar-refractivity contribution in [3.8, 4) is 0 Å². The van der Waals surface area contributed by atoms with Gasteiger partial charge in [0.15, 0.2) is 0 Å². The van der Waals surface area contributed by atoms with Crippen LogP contribution in [-0.4, -0.2) is 60.0 Å². The Balaban J connectivity index is 2.93. The van der Waals surface area contributed by atoms with Crippen LogP contribution in [0.5, 0.6) is 0 Å². The van der Waals surface area contributed by atoms with Gasteiger partial charge in [0.25, 0.3) is 11.5 Å². The Morgan fingerprint density at radius 3 is 2.15 bits per heavy atom. The zero-order valence-electron chi connectivity index (χ0n) is 10.9. The molecule has 1 aromatic rings. The molecule has 9 heteroatoms. The number of ether oxygens (including phenoxy) is 2. The Labute approximate surface area is 113 Å². The predicted octanol–water partition coefficient (Wildman–Crippen LogP) is -1.44. The second-order valence-corrected chi connectivity index (χ2v) is 3.61. The number of hydrogen-bond donors (Lipinski definition) is 1. The van der Waals surface area contributed by atoms with Gasteiger partial charge in [-0.3, -0.25) is 19.2 Å². The van der Waals surface area contributed by atoms with Gasteiger partial charge in [0, 0.05) is 6.20 Å². The highest BCUT2D eigenvalue weighted by atomic mass is 16.5. The fourth-order valence-electron chi connectivity index (χ4n) is 1.26. The summed E-state index contributed by atoms with van der Waals surface area (Å²) in [7, 11) is 2.31. The molecular weight excluding hydrogens is 270 g/mol. The number of hydrogen-bond acceptors (Lipinski definition) is 7. The maximum absolute atomic E-state index is 12.1. The summed E-state index contributed by atoms with van der Waals surface area (Å²) < 4.78 is 8.88. The first-order valence-electron chi connectivity index (χ1n) is 5.45. The molecule has 1 amide bonds. The smallest absolute Gasteiger partial charge is 0.325 e. The van der Waals surface area contributed by atoms with E-state index in [1.54, 1.807) is 0 Å². The maximum atomic E-state index is 12.1. The number of amides is 1. The fourth-order valence-corrected chi connectivity index (χ4v) is 1.26. The van der Waals surface area contributed by atoms with Crippen molar-refractivity contribution in [3.05, 3.63) is 28.4 Å². The van der Waals surface area contributed by atoms with Gasteiger partial charge in [-0.15, -0.1) is 0 Å². The highest BCUT2D eigenvalue weighted by Crippen LogP contribution is 2.00. The summed E-state index contributed by atoms with van der Waals surface area (Å²) in [5.41, 5.74) is -0.591. The normalized spacial score (nSPS) is 9.70. The highest BCUT2D eigenvalue weighted by molar-refractivity contribution is 5.95. The molecule has 20 heavy (non-hydrogen) atoms. The molecule has 0 aliphatic heterocycles. The monoisotopic (exact) mass is 283 g/mol. The molecule has 1 N–H and O–H groups in total. The molecule has 1 rings (SSSR count). The topological polar surface area (TPSA) is 119 Å². The van der Waals surface area contributed by atoms with Gasteiger partial charge in [0.2, 0.25) is 0 Å². The van der Waals surface area contributed by atoms with E-state index in [0.717, 1.165) is 31.5 Å². The van der Waals surface area contributed by atoms with E-state index >= 15 is 0 Å². The van der Waals surface area contributed by atoms with Gasteiger partial charge in [-0.2, -0.15) is 0 Å². The Hall–Kier alpha value is -2.71. The van der Waals surface area contributed by atoms with Crippen molar-refractivity contribution < 1.29 is 23.9 Å². The van der Waals surface area contributed by atoms with E-state index in [1.807, 2.05) is 0 Å². The molecule has 0 bridgehead atoms. The average molecular weight is 283 g/mol. The molecule has 0 fully saturated rings. The molecule has 9 nitrogen and oxygen atoms in total. The molecule has 108 valence electrons. The average Bonchev–Trinajstić information content (AvgIpc) is 2.46. The van der Waals surface area contributed by atoms with Gasteiger partial charge in [-0.1, -0.05) is 0 Å². The summed E-state index contributed by atoms with van der Waals surface area (Å²) in [4.78, 5) is 52.2. The Morgan fingerprint density at radius 1 is 1.20 bits per heavy atom. The number of methoxy groups -OCH3 is 2. The SMILES string of the molecule is COC(=O)CN(CC(=O)OC)C(=O)c1c[nH]c(=O)cn1. The third-order valence-corrected chi connectivity index (χ3v) is 2.27. The van der Waals surface area contributed by atoms with Crippen LogP contribution in [0, 0.1) is 0 Å². The van der Waals surface area contributed by atoms with Gasteiger partial charge < -0.3 is 19.4 Å². The van der Waals surface area contributed by atoms with Crippen molar-refractivity contribution in [2.45, 2.75) is 0 Å². The van der Waals surface area contributed by atoms with E-state index in [4.69, 9.17) is 0 Å². The number of nitrogens with one attached hydrogen (secondary N) is 1. The number of carbonyl (C=O) groups excluding carboxylic acids is 3. The molecule has 0 saturated carbocycles. The van der Waals surface area contributed by atoms with Crippen LogP contribution in [0.4, 0.5) is 0 Å². The first-order chi connectivity index (χ1) is 9.47. The molecule has 1 aromatic heterocycles. The van der Waals surface area contributed by atoms with E-state index in [1.165, 1.54) is 0 Å². The molecule has 0 aromatic carbocycles. The third-order valence-electron chi connectivity index (χ3n) is 2.27. The second-order valence-electron chi connectivity index (χ2n) is 3.61. The number of nitrogens with zero attached hydrogens (tertiary/aromatic N) is 2. The molecule has 0 saturated heterocycles. The van der Waals surface area contributed by atoms with Crippen molar-refractivity contribution in [2.75, 3.05) is 27.3 Å². The molecular formula is C11H13N3O6. The summed E-state index contributed by atoms with van der Waals surface area (Å²) in [5.74, 6) is -2.12. The maximum Gasteiger partial charge on any atom is 0.325 e. The number of esters is 2. The lowest BCUT2D eigenvalue weighted by atomic mass is 10.3. The van der Waals surface area contributed by atoms with Crippen molar-refractivity contribution in [1.82, 2.24) is 14.9 Å². The summed E-state index contributed by atoms with van der Waals surface area (Å²) in [5, 5.41) is 0. The fraction of sp³-hybridized carbons (Fsp3) is 0.364. The van der Waals surface area contributed by atoms with Gasteiger partial charge in [0.1, 0.15) is 18.8 Å². The van der Waals surface area contributed by atoms with E-state index < -0.39 is 36.5 Å². The van der Waals surface area contributed by atoms with Crippen LogP contribution in [0.1, 0.15) is 10.5 Å². The van der Waals surface area contributed by atoms with E-state index in [9.17, 15) is 19.2 Å². The van der Waals surface area contributed by atoms with Crippen LogP contribution in [0.3, 0.4) is 0 Å². The number of aromatic nitrogens is 2. The third kappa shape index (κ3) is 4.19. The summed E-state index contributed by atoms with van der Waals surface area (Å²) in [6, 6.07) is 0. The highest BCUT2D eigenvalue weighted by Gasteiger charge is 2.23. The van der Waals surface area contributed by atoms with E-state index in [0.29, 0.717) is 0 Å². The minimum absolute atomic E-state index is 0.114. The molecule has 0 aliphatic carbocycles. The number of carbonyl (C=O) groups is 3. The zero-order valence-corrected chi connectivity index (χ0v) is 10.9. The number of rotatable bonds is 5. The Morgan fingerprint density at radius 2 is 1.75 bits per heavy atom. The van der Waals surface area contributed by atoms with Crippen LogP contribution < -0.4 is 5.56 Å². The lowest BCUT2D eigenvalue weighted by Crippen LogP contribution is -2.40. The van der Waals surface area contributed by atoms with Crippen molar-refractivity contribution in [2.24, 2.45) is 0 Å². The standard InChI is InChI=1S/C11H13N3O6/c1-19-9(16)5-14(6-10(17)20-2)11(18)7-3-13-8(15)4-12-7/h3-4H,5-6H2,1-2H3,(H,13,15). The van der Waals surface area contributed by atoms with Gasteiger partial charge in [-0.05, 0) is 0 Å². The van der Waals surface area contributed by atoms with Crippen molar-refractivity contribution >= 4 is 17.8 Å². The second kappa shape index (κ2) is 7.02. The first-order valence-corrected chi connectivity index (χ1v) is 5.45. The molecule has 0 radical (unpaired) electrons. The quantitative estimate of drug-likeness (QED) is 0.657. The number of H-pyrrole nitrogens is 1. The van der Waals surface area contributed by atoms with Crippen LogP contribution in [0.2, 0.25) is 0 Å². The molecule has 1 heterocycles. The molecule has 0 aliphatic rings. The van der Waals surface area contributed by atoms with Crippen molar-refractivity contribution in [3.63, 3.8) is 0 Å². The lowest BCUT2D eigenvalue weighted by Gasteiger charge is -2.19. The molecule has 0 spiro atoms.